The van der Waals surface area contributed by atoms with Crippen molar-refractivity contribution in [3.63, 3.8) is 0 Å². The van der Waals surface area contributed by atoms with Gasteiger partial charge in [-0.2, -0.15) is 0 Å². The zero-order valence-corrected chi connectivity index (χ0v) is 11.6. The maximum absolute atomic E-state index is 14.0. The molecule has 3 rings (SSSR count). The maximum Gasteiger partial charge on any atom is 0.326 e. The minimum absolute atomic E-state index is 0.0658. The highest BCUT2D eigenvalue weighted by Gasteiger charge is 2.38. The van der Waals surface area contributed by atoms with Crippen molar-refractivity contribution in [1.29, 1.82) is 0 Å². The van der Waals surface area contributed by atoms with E-state index < -0.39 is 23.7 Å². The number of hydrogen-bond acceptors (Lipinski definition) is 3. The summed E-state index contributed by atoms with van der Waals surface area (Å²) >= 11 is 0. The van der Waals surface area contributed by atoms with Gasteiger partial charge in [0.25, 0.3) is 5.91 Å². The number of rotatable bonds is 3. The summed E-state index contributed by atoms with van der Waals surface area (Å²) < 4.78 is 14.0. The Hall–Kier alpha value is -2.44. The quantitative estimate of drug-likeness (QED) is 0.902. The van der Waals surface area contributed by atoms with Crippen molar-refractivity contribution in [3.8, 4) is 0 Å². The van der Waals surface area contributed by atoms with Gasteiger partial charge in [-0.15, -0.1) is 0 Å². The summed E-state index contributed by atoms with van der Waals surface area (Å²) in [7, 11) is 0. The Morgan fingerprint density at radius 1 is 1.52 bits per heavy atom. The van der Waals surface area contributed by atoms with Crippen LogP contribution < -0.4 is 0 Å². The van der Waals surface area contributed by atoms with E-state index >= 15 is 0 Å². The Balaban J connectivity index is 2.16. The second-order valence-corrected chi connectivity index (χ2v) is 5.47. The van der Waals surface area contributed by atoms with Gasteiger partial charge in [0.05, 0.1) is 18.3 Å². The number of nitrogens with one attached hydrogen (secondary N) is 1. The van der Waals surface area contributed by atoms with Gasteiger partial charge in [-0.25, -0.2) is 14.2 Å². The van der Waals surface area contributed by atoms with Crippen LogP contribution in [0.25, 0.3) is 11.0 Å². The summed E-state index contributed by atoms with van der Waals surface area (Å²) in [6.07, 6.45) is 2.53. The van der Waals surface area contributed by atoms with E-state index in [4.69, 9.17) is 0 Å². The number of carboxylic acid groups (broad SMARTS) is 1. The number of aromatic amines is 1. The molecule has 3 heterocycles. The second kappa shape index (κ2) is 4.54. The normalized spacial score (nSPS) is 15.8. The minimum atomic E-state index is -1.09. The van der Waals surface area contributed by atoms with Crippen molar-refractivity contribution in [2.75, 3.05) is 0 Å². The average molecular weight is 291 g/mol. The predicted molar refractivity (Wildman–Crippen MR) is 72.2 cm³/mol. The van der Waals surface area contributed by atoms with Gasteiger partial charge in [0, 0.05) is 17.1 Å². The number of amides is 1. The molecule has 1 amide bonds. The first kappa shape index (κ1) is 13.5. The van der Waals surface area contributed by atoms with E-state index in [1.807, 2.05) is 0 Å². The topological polar surface area (TPSA) is 86.3 Å². The lowest BCUT2D eigenvalue weighted by atomic mass is 9.96. The molecule has 110 valence electrons. The number of carbonyl (C=O) groups excluding carboxylic acids is 1. The molecule has 1 atom stereocenters. The smallest absolute Gasteiger partial charge is 0.326 e. The van der Waals surface area contributed by atoms with Crippen molar-refractivity contribution in [2.45, 2.75) is 26.4 Å². The molecule has 0 aromatic carbocycles. The molecule has 0 fully saturated rings. The molecule has 0 bridgehead atoms. The molecule has 0 radical (unpaired) electrons. The Kier molecular flexibility index (Phi) is 2.93. The number of H-pyrrole nitrogens is 1. The highest BCUT2D eigenvalue weighted by atomic mass is 19.1. The summed E-state index contributed by atoms with van der Waals surface area (Å²) in [5, 5.41) is 9.82. The molecule has 0 saturated heterocycles. The zero-order chi connectivity index (χ0) is 15.3. The van der Waals surface area contributed by atoms with Gasteiger partial charge in [0.15, 0.2) is 0 Å². The third-order valence-electron chi connectivity index (χ3n) is 3.80. The second-order valence-electron chi connectivity index (χ2n) is 5.47. The van der Waals surface area contributed by atoms with Gasteiger partial charge < -0.3 is 15.0 Å². The van der Waals surface area contributed by atoms with Crippen LogP contribution in [0.1, 0.15) is 29.8 Å². The van der Waals surface area contributed by atoms with Crippen molar-refractivity contribution >= 4 is 22.9 Å². The van der Waals surface area contributed by atoms with Gasteiger partial charge in [-0.1, -0.05) is 13.8 Å². The molecule has 2 aromatic heterocycles. The lowest BCUT2D eigenvalue weighted by Gasteiger charge is -2.34. The van der Waals surface area contributed by atoms with E-state index in [9.17, 15) is 19.1 Å². The number of carboxylic acids is 1. The lowest BCUT2D eigenvalue weighted by molar-refractivity contribution is -0.144. The van der Waals surface area contributed by atoms with Crippen molar-refractivity contribution in [2.24, 2.45) is 5.92 Å². The molecule has 2 N–H and O–H groups in total. The summed E-state index contributed by atoms with van der Waals surface area (Å²) in [5.41, 5.74) is 1.01. The van der Waals surface area contributed by atoms with E-state index in [2.05, 4.69) is 9.97 Å². The number of hydrogen-bond donors (Lipinski definition) is 2. The molecule has 1 aliphatic heterocycles. The van der Waals surface area contributed by atoms with Crippen LogP contribution in [-0.2, 0) is 11.3 Å². The zero-order valence-electron chi connectivity index (χ0n) is 11.6. The number of halogens is 1. The Labute approximate surface area is 119 Å². The molecular formula is C14H14FN3O3. The fraction of sp³-hybridized carbons (Fsp3) is 0.357. The Bertz CT molecular complexity index is 753. The van der Waals surface area contributed by atoms with Gasteiger partial charge in [0.2, 0.25) is 0 Å². The molecule has 0 saturated carbocycles. The third-order valence-corrected chi connectivity index (χ3v) is 3.80. The van der Waals surface area contributed by atoms with E-state index in [-0.39, 0.29) is 18.0 Å². The SMILES string of the molecule is CC(C)C(C(=O)O)N1Cc2c(F)cnc3[nH]cc(c23)C1=O. The largest absolute Gasteiger partial charge is 0.480 e. The highest BCUT2D eigenvalue weighted by Crippen LogP contribution is 2.32. The molecular weight excluding hydrogens is 277 g/mol. The molecule has 0 aliphatic carbocycles. The lowest BCUT2D eigenvalue weighted by Crippen LogP contribution is -2.49. The summed E-state index contributed by atoms with van der Waals surface area (Å²) in [6, 6.07) is -0.997. The molecule has 6 nitrogen and oxygen atoms in total. The van der Waals surface area contributed by atoms with Crippen LogP contribution in [0.5, 0.6) is 0 Å². The van der Waals surface area contributed by atoms with Crippen LogP contribution in [0.15, 0.2) is 12.4 Å². The summed E-state index contributed by atoms with van der Waals surface area (Å²) in [5.74, 6) is -2.33. The van der Waals surface area contributed by atoms with E-state index in [0.29, 0.717) is 16.6 Å². The van der Waals surface area contributed by atoms with Crippen molar-refractivity contribution < 1.29 is 19.1 Å². The van der Waals surface area contributed by atoms with Crippen LogP contribution in [0.4, 0.5) is 4.39 Å². The number of carbonyl (C=O) groups is 2. The fourth-order valence-electron chi connectivity index (χ4n) is 2.86. The molecule has 1 aliphatic rings. The molecule has 21 heavy (non-hydrogen) atoms. The van der Waals surface area contributed by atoms with E-state index in [0.717, 1.165) is 6.20 Å². The number of aliphatic carboxylic acids is 1. The van der Waals surface area contributed by atoms with E-state index in [1.165, 1.54) is 11.1 Å². The fourth-order valence-corrected chi connectivity index (χ4v) is 2.86. The highest BCUT2D eigenvalue weighted by molar-refractivity contribution is 6.09. The van der Waals surface area contributed by atoms with Gasteiger partial charge in [-0.3, -0.25) is 4.79 Å². The predicted octanol–water partition coefficient (Wildman–Crippen LogP) is 1.77. The minimum Gasteiger partial charge on any atom is -0.480 e. The summed E-state index contributed by atoms with van der Waals surface area (Å²) in [6.45, 7) is 3.37. The van der Waals surface area contributed by atoms with Crippen molar-refractivity contribution in [3.05, 3.63) is 29.3 Å². The monoisotopic (exact) mass is 291 g/mol. The van der Waals surface area contributed by atoms with Gasteiger partial charge >= 0.3 is 5.97 Å². The average Bonchev–Trinajstić information content (AvgIpc) is 2.82. The first-order valence-corrected chi connectivity index (χ1v) is 6.60. The van der Waals surface area contributed by atoms with Crippen LogP contribution >= 0.6 is 0 Å². The van der Waals surface area contributed by atoms with Gasteiger partial charge in [-0.05, 0) is 5.92 Å². The first-order chi connectivity index (χ1) is 9.91. The molecule has 0 spiro atoms. The van der Waals surface area contributed by atoms with Crippen LogP contribution in [0.3, 0.4) is 0 Å². The van der Waals surface area contributed by atoms with Crippen LogP contribution in [0.2, 0.25) is 0 Å². The maximum atomic E-state index is 14.0. The summed E-state index contributed by atoms with van der Waals surface area (Å²) in [4.78, 5) is 31.9. The van der Waals surface area contributed by atoms with Crippen LogP contribution in [0, 0.1) is 11.7 Å². The Morgan fingerprint density at radius 2 is 2.24 bits per heavy atom. The molecule has 1 unspecified atom stereocenters. The number of pyridine rings is 1. The van der Waals surface area contributed by atoms with Gasteiger partial charge in [0.1, 0.15) is 17.5 Å². The molecule has 7 heteroatoms. The molecule has 2 aromatic rings. The first-order valence-electron chi connectivity index (χ1n) is 6.60. The third kappa shape index (κ3) is 1.88. The van der Waals surface area contributed by atoms with Crippen molar-refractivity contribution in [1.82, 2.24) is 14.9 Å². The standard InChI is InChI=1S/C14H14FN3O3/c1-6(2)11(14(20)21)18-5-8-9(15)4-17-12-10(8)7(3-16-12)13(18)19/h3-4,6,11H,5H2,1-2H3,(H,16,17)(H,20,21). The Morgan fingerprint density at radius 3 is 2.86 bits per heavy atom. The van der Waals surface area contributed by atoms with Crippen LogP contribution in [-0.4, -0.2) is 37.9 Å². The number of aromatic nitrogens is 2. The number of nitrogens with zero attached hydrogens (tertiary/aromatic N) is 2. The van der Waals surface area contributed by atoms with E-state index in [1.54, 1.807) is 13.8 Å².